The fraction of sp³-hybridized carbons (Fsp3) is 0.500. The summed E-state index contributed by atoms with van der Waals surface area (Å²) < 4.78 is 14.9. The number of rotatable bonds is 7. The van der Waals surface area contributed by atoms with Gasteiger partial charge < -0.3 is 10.4 Å². The molecule has 0 aliphatic rings. The molecule has 2 rings (SSSR count). The lowest BCUT2D eigenvalue weighted by molar-refractivity contribution is 0.243. The lowest BCUT2D eigenvalue weighted by atomic mass is 10.0. The predicted molar refractivity (Wildman–Crippen MR) is 90.2 cm³/mol. The average molecular weight is 319 g/mol. The van der Waals surface area contributed by atoms with Crippen molar-refractivity contribution in [2.45, 2.75) is 46.7 Å². The van der Waals surface area contributed by atoms with Gasteiger partial charge in [0.05, 0.1) is 11.4 Å². The minimum atomic E-state index is -0.249. The first-order valence-corrected chi connectivity index (χ1v) is 8.09. The van der Waals surface area contributed by atoms with E-state index < -0.39 is 0 Å². The maximum atomic E-state index is 13.1. The number of benzene rings is 1. The Hall–Kier alpha value is -1.72. The van der Waals surface area contributed by atoms with Crippen molar-refractivity contribution in [3.63, 3.8) is 0 Å². The molecular weight excluding hydrogens is 293 g/mol. The lowest BCUT2D eigenvalue weighted by Crippen LogP contribution is -2.34. The highest BCUT2D eigenvalue weighted by molar-refractivity contribution is 5.37. The summed E-state index contributed by atoms with van der Waals surface area (Å²) in [6.07, 6.45) is 0.738. The van der Waals surface area contributed by atoms with Crippen molar-refractivity contribution in [2.24, 2.45) is 5.92 Å². The van der Waals surface area contributed by atoms with Gasteiger partial charge in [-0.1, -0.05) is 13.8 Å². The van der Waals surface area contributed by atoms with E-state index in [1.807, 2.05) is 18.5 Å². The molecule has 23 heavy (non-hydrogen) atoms. The molecule has 0 radical (unpaired) electrons. The van der Waals surface area contributed by atoms with Gasteiger partial charge in [-0.25, -0.2) is 9.07 Å². The van der Waals surface area contributed by atoms with Crippen molar-refractivity contribution in [2.75, 3.05) is 6.61 Å². The van der Waals surface area contributed by atoms with Crippen LogP contribution in [0.5, 0.6) is 0 Å². The summed E-state index contributed by atoms with van der Waals surface area (Å²) in [6.45, 7) is 9.20. The number of aliphatic hydroxyl groups excluding tert-OH is 1. The third kappa shape index (κ3) is 4.18. The van der Waals surface area contributed by atoms with Crippen LogP contribution in [-0.4, -0.2) is 27.5 Å². The molecule has 5 heteroatoms. The second-order valence-electron chi connectivity index (χ2n) is 6.28. The Morgan fingerprint density at radius 3 is 2.43 bits per heavy atom. The molecule has 1 atom stereocenters. The van der Waals surface area contributed by atoms with E-state index in [9.17, 15) is 9.50 Å². The summed E-state index contributed by atoms with van der Waals surface area (Å²) in [5, 5.41) is 17.3. The van der Waals surface area contributed by atoms with Crippen LogP contribution in [0, 0.1) is 25.6 Å². The van der Waals surface area contributed by atoms with Gasteiger partial charge in [0.2, 0.25) is 0 Å². The second-order valence-corrected chi connectivity index (χ2v) is 6.28. The Morgan fingerprint density at radius 1 is 1.22 bits per heavy atom. The fourth-order valence-corrected chi connectivity index (χ4v) is 2.81. The summed E-state index contributed by atoms with van der Waals surface area (Å²) in [7, 11) is 0. The maximum Gasteiger partial charge on any atom is 0.123 e. The highest BCUT2D eigenvalue weighted by Crippen LogP contribution is 2.19. The summed E-state index contributed by atoms with van der Waals surface area (Å²) in [5.41, 5.74) is 4.02. The van der Waals surface area contributed by atoms with Gasteiger partial charge in [0.25, 0.3) is 0 Å². The van der Waals surface area contributed by atoms with Gasteiger partial charge in [-0.3, -0.25) is 0 Å². The van der Waals surface area contributed by atoms with Crippen LogP contribution in [0.1, 0.15) is 37.2 Å². The number of hydrogen-bond donors (Lipinski definition) is 2. The third-order valence-electron chi connectivity index (χ3n) is 4.30. The largest absolute Gasteiger partial charge is 0.396 e. The molecule has 0 saturated carbocycles. The summed E-state index contributed by atoms with van der Waals surface area (Å²) in [6, 6.07) is 6.62. The van der Waals surface area contributed by atoms with E-state index in [2.05, 4.69) is 24.3 Å². The van der Waals surface area contributed by atoms with Crippen LogP contribution >= 0.6 is 0 Å². The van der Waals surface area contributed by atoms with E-state index in [0.717, 1.165) is 29.1 Å². The Morgan fingerprint density at radius 2 is 1.87 bits per heavy atom. The minimum Gasteiger partial charge on any atom is -0.396 e. The van der Waals surface area contributed by atoms with Gasteiger partial charge in [-0.05, 0) is 50.5 Å². The minimum absolute atomic E-state index is 0.183. The van der Waals surface area contributed by atoms with Crippen LogP contribution in [0.25, 0.3) is 5.69 Å². The number of aliphatic hydroxyl groups is 1. The first-order chi connectivity index (χ1) is 10.9. The molecule has 0 aliphatic heterocycles. The van der Waals surface area contributed by atoms with Crippen LogP contribution < -0.4 is 5.32 Å². The van der Waals surface area contributed by atoms with Gasteiger partial charge >= 0.3 is 0 Å². The van der Waals surface area contributed by atoms with E-state index in [1.54, 1.807) is 12.1 Å². The second kappa shape index (κ2) is 7.70. The van der Waals surface area contributed by atoms with Gasteiger partial charge in [0.1, 0.15) is 5.82 Å². The molecule has 0 spiro atoms. The Kier molecular flexibility index (Phi) is 5.91. The zero-order chi connectivity index (χ0) is 17.0. The number of aromatic nitrogens is 2. The first kappa shape index (κ1) is 17.6. The van der Waals surface area contributed by atoms with E-state index in [1.165, 1.54) is 12.1 Å². The SMILES string of the molecule is Cc1nn(-c2ccc(F)cc2)c(C)c1CNC(CCO)C(C)C. The van der Waals surface area contributed by atoms with Gasteiger partial charge in [-0.15, -0.1) is 0 Å². The molecule has 2 aromatic rings. The summed E-state index contributed by atoms with van der Waals surface area (Å²) in [4.78, 5) is 0. The van der Waals surface area contributed by atoms with Crippen LogP contribution in [-0.2, 0) is 6.54 Å². The highest BCUT2D eigenvalue weighted by Gasteiger charge is 2.16. The molecule has 4 nitrogen and oxygen atoms in total. The van der Waals surface area contributed by atoms with Crippen molar-refractivity contribution in [1.82, 2.24) is 15.1 Å². The smallest absolute Gasteiger partial charge is 0.123 e. The van der Waals surface area contributed by atoms with Crippen molar-refractivity contribution in [3.05, 3.63) is 47.0 Å². The molecule has 126 valence electrons. The molecule has 0 amide bonds. The quantitative estimate of drug-likeness (QED) is 0.824. The van der Waals surface area contributed by atoms with Crippen molar-refractivity contribution >= 4 is 0 Å². The monoisotopic (exact) mass is 319 g/mol. The number of nitrogens with one attached hydrogen (secondary N) is 1. The van der Waals surface area contributed by atoms with Gasteiger partial charge in [-0.2, -0.15) is 5.10 Å². The molecule has 0 saturated heterocycles. The highest BCUT2D eigenvalue weighted by atomic mass is 19.1. The van der Waals surface area contributed by atoms with E-state index in [-0.39, 0.29) is 18.5 Å². The molecular formula is C18H26FN3O. The van der Waals surface area contributed by atoms with Crippen LogP contribution in [0.4, 0.5) is 4.39 Å². The van der Waals surface area contributed by atoms with Crippen molar-refractivity contribution in [1.29, 1.82) is 0 Å². The van der Waals surface area contributed by atoms with Crippen LogP contribution in [0.2, 0.25) is 0 Å². The summed E-state index contributed by atoms with van der Waals surface area (Å²) >= 11 is 0. The molecule has 2 N–H and O–H groups in total. The Labute approximate surface area is 137 Å². The number of halogens is 1. The van der Waals surface area contributed by atoms with Crippen LogP contribution in [0.3, 0.4) is 0 Å². The molecule has 0 bridgehead atoms. The third-order valence-corrected chi connectivity index (χ3v) is 4.30. The Balaban J connectivity index is 2.19. The van der Waals surface area contributed by atoms with Gasteiger partial charge in [0, 0.05) is 30.5 Å². The number of aryl methyl sites for hydroxylation is 1. The fourth-order valence-electron chi connectivity index (χ4n) is 2.81. The standard InChI is InChI=1S/C18H26FN3O/c1-12(2)18(9-10-23)20-11-17-13(3)21-22(14(17)4)16-7-5-15(19)6-8-16/h5-8,12,18,20,23H,9-11H2,1-4H3. The molecule has 1 unspecified atom stereocenters. The van der Waals surface area contributed by atoms with Crippen molar-refractivity contribution < 1.29 is 9.50 Å². The molecule has 1 heterocycles. The van der Waals surface area contributed by atoms with E-state index >= 15 is 0 Å². The zero-order valence-electron chi connectivity index (χ0n) is 14.3. The zero-order valence-corrected chi connectivity index (χ0v) is 14.3. The first-order valence-electron chi connectivity index (χ1n) is 8.09. The Bertz CT molecular complexity index is 634. The van der Waals surface area contributed by atoms with Crippen LogP contribution in [0.15, 0.2) is 24.3 Å². The van der Waals surface area contributed by atoms with Gasteiger partial charge in [0.15, 0.2) is 0 Å². The predicted octanol–water partition coefficient (Wildman–Crippen LogP) is 3.12. The maximum absolute atomic E-state index is 13.1. The molecule has 0 fully saturated rings. The number of hydrogen-bond acceptors (Lipinski definition) is 3. The molecule has 0 aliphatic carbocycles. The molecule has 1 aromatic carbocycles. The van der Waals surface area contributed by atoms with Crippen molar-refractivity contribution in [3.8, 4) is 5.69 Å². The number of nitrogens with zero attached hydrogens (tertiary/aromatic N) is 2. The molecule has 1 aromatic heterocycles. The lowest BCUT2D eigenvalue weighted by Gasteiger charge is -2.21. The summed E-state index contributed by atoms with van der Waals surface area (Å²) in [5.74, 6) is 0.204. The average Bonchev–Trinajstić information content (AvgIpc) is 2.79. The van der Waals surface area contributed by atoms with E-state index in [4.69, 9.17) is 0 Å². The topological polar surface area (TPSA) is 50.1 Å². The normalized spacial score (nSPS) is 12.8. The van der Waals surface area contributed by atoms with E-state index in [0.29, 0.717) is 12.5 Å².